The standard InChI is InChI=1S/C32H39NO4/c1-34-29-15-13-26(19-32(29)37-28-10-6-7-11-28)27-17-25(20-33-21-27)16-24-12-14-30(31(18-24)35-2)36-22-23-8-4-3-5-9-23/h3-5,8-9,12-15,18-19,25,27-28,33H,6-7,10-11,16-17,20-22H2,1-2H3/t25?,27-/m1/s1. The Hall–Kier alpha value is -3.18. The third-order valence-corrected chi connectivity index (χ3v) is 7.69. The second-order valence-electron chi connectivity index (χ2n) is 10.4. The third-order valence-electron chi connectivity index (χ3n) is 7.69. The SMILES string of the molecule is COc1cc(CC2CNC[C@H](c3ccc(OC)c(OC4CCCC4)c3)C2)ccc1OCc1ccccc1. The molecule has 1 saturated heterocycles. The lowest BCUT2D eigenvalue weighted by Crippen LogP contribution is -2.36. The molecule has 0 spiro atoms. The van der Waals surface area contributed by atoms with Crippen molar-refractivity contribution < 1.29 is 18.9 Å². The van der Waals surface area contributed by atoms with Crippen molar-refractivity contribution in [3.8, 4) is 23.0 Å². The van der Waals surface area contributed by atoms with Gasteiger partial charge in [0, 0.05) is 6.54 Å². The molecular weight excluding hydrogens is 462 g/mol. The fourth-order valence-electron chi connectivity index (χ4n) is 5.69. The highest BCUT2D eigenvalue weighted by Gasteiger charge is 2.25. The first-order valence-electron chi connectivity index (χ1n) is 13.6. The molecule has 0 amide bonds. The number of rotatable bonds is 10. The highest BCUT2D eigenvalue weighted by Crippen LogP contribution is 2.37. The average Bonchev–Trinajstić information content (AvgIpc) is 3.46. The number of ether oxygens (including phenoxy) is 4. The van der Waals surface area contributed by atoms with E-state index >= 15 is 0 Å². The van der Waals surface area contributed by atoms with E-state index in [-0.39, 0.29) is 0 Å². The second kappa shape index (κ2) is 12.4. The van der Waals surface area contributed by atoms with Crippen LogP contribution < -0.4 is 24.3 Å². The molecule has 0 aromatic heterocycles. The van der Waals surface area contributed by atoms with Crippen LogP contribution in [0.1, 0.15) is 54.7 Å². The van der Waals surface area contributed by atoms with Gasteiger partial charge in [0.05, 0.1) is 20.3 Å². The van der Waals surface area contributed by atoms with Crippen molar-refractivity contribution in [1.82, 2.24) is 5.32 Å². The molecule has 1 N–H and O–H groups in total. The van der Waals surface area contributed by atoms with Gasteiger partial charge in [0.1, 0.15) is 6.61 Å². The Bertz CT molecular complexity index is 1140. The maximum atomic E-state index is 6.36. The monoisotopic (exact) mass is 501 g/mol. The summed E-state index contributed by atoms with van der Waals surface area (Å²) in [5.41, 5.74) is 3.74. The Morgan fingerprint density at radius 2 is 1.54 bits per heavy atom. The number of methoxy groups -OCH3 is 2. The molecule has 2 aliphatic rings. The van der Waals surface area contributed by atoms with Gasteiger partial charge in [-0.3, -0.25) is 0 Å². The van der Waals surface area contributed by atoms with Crippen LogP contribution in [0.15, 0.2) is 66.7 Å². The summed E-state index contributed by atoms with van der Waals surface area (Å²) >= 11 is 0. The molecule has 0 radical (unpaired) electrons. The maximum Gasteiger partial charge on any atom is 0.161 e. The van der Waals surface area contributed by atoms with Crippen molar-refractivity contribution in [2.24, 2.45) is 5.92 Å². The van der Waals surface area contributed by atoms with Crippen LogP contribution in [0, 0.1) is 5.92 Å². The van der Waals surface area contributed by atoms with Crippen molar-refractivity contribution in [3.63, 3.8) is 0 Å². The summed E-state index contributed by atoms with van der Waals surface area (Å²) in [6, 6.07) is 23.0. The van der Waals surface area contributed by atoms with Gasteiger partial charge in [-0.25, -0.2) is 0 Å². The zero-order chi connectivity index (χ0) is 25.5. The van der Waals surface area contributed by atoms with E-state index in [0.29, 0.717) is 24.5 Å². The van der Waals surface area contributed by atoms with Gasteiger partial charge in [-0.05, 0) is 97.9 Å². The first-order valence-corrected chi connectivity index (χ1v) is 13.6. The summed E-state index contributed by atoms with van der Waals surface area (Å²) in [7, 11) is 3.43. The third kappa shape index (κ3) is 6.58. The maximum absolute atomic E-state index is 6.36. The van der Waals surface area contributed by atoms with Crippen LogP contribution in [-0.2, 0) is 13.0 Å². The molecule has 5 rings (SSSR count). The van der Waals surface area contributed by atoms with Crippen LogP contribution >= 0.6 is 0 Å². The molecular formula is C32H39NO4. The van der Waals surface area contributed by atoms with Crippen LogP contribution in [0.4, 0.5) is 0 Å². The molecule has 1 aliphatic heterocycles. The number of hydrogen-bond donors (Lipinski definition) is 1. The minimum Gasteiger partial charge on any atom is -0.493 e. The smallest absolute Gasteiger partial charge is 0.161 e. The van der Waals surface area contributed by atoms with Gasteiger partial charge in [-0.1, -0.05) is 42.5 Å². The summed E-state index contributed by atoms with van der Waals surface area (Å²) in [6.07, 6.45) is 7.24. The number of benzene rings is 3. The summed E-state index contributed by atoms with van der Waals surface area (Å²) < 4.78 is 23.7. The van der Waals surface area contributed by atoms with Crippen molar-refractivity contribution in [2.45, 2.75) is 57.2 Å². The molecule has 1 saturated carbocycles. The topological polar surface area (TPSA) is 49.0 Å². The zero-order valence-electron chi connectivity index (χ0n) is 22.1. The van der Waals surface area contributed by atoms with Crippen LogP contribution in [0.5, 0.6) is 23.0 Å². The molecule has 1 aliphatic carbocycles. The Morgan fingerprint density at radius 3 is 2.32 bits per heavy atom. The Kier molecular flexibility index (Phi) is 8.52. The van der Waals surface area contributed by atoms with E-state index in [1.165, 1.54) is 24.0 Å². The fourth-order valence-corrected chi connectivity index (χ4v) is 5.69. The van der Waals surface area contributed by atoms with Gasteiger partial charge in [0.25, 0.3) is 0 Å². The predicted octanol–water partition coefficient (Wildman–Crippen LogP) is 6.54. The van der Waals surface area contributed by atoms with Crippen molar-refractivity contribution in [3.05, 3.63) is 83.4 Å². The molecule has 2 atom stereocenters. The van der Waals surface area contributed by atoms with E-state index in [0.717, 1.165) is 67.3 Å². The van der Waals surface area contributed by atoms with Gasteiger partial charge in [0.15, 0.2) is 23.0 Å². The second-order valence-corrected chi connectivity index (χ2v) is 10.4. The van der Waals surface area contributed by atoms with Crippen molar-refractivity contribution >= 4 is 0 Å². The van der Waals surface area contributed by atoms with E-state index < -0.39 is 0 Å². The normalized spacial score (nSPS) is 19.9. The molecule has 0 bridgehead atoms. The van der Waals surface area contributed by atoms with Crippen LogP contribution in [0.25, 0.3) is 0 Å². The summed E-state index contributed by atoms with van der Waals surface area (Å²) in [6.45, 7) is 2.53. The largest absolute Gasteiger partial charge is 0.493 e. The van der Waals surface area contributed by atoms with E-state index in [1.54, 1.807) is 14.2 Å². The molecule has 1 unspecified atom stereocenters. The van der Waals surface area contributed by atoms with Gasteiger partial charge >= 0.3 is 0 Å². The molecule has 37 heavy (non-hydrogen) atoms. The van der Waals surface area contributed by atoms with Gasteiger partial charge in [0.2, 0.25) is 0 Å². The first-order chi connectivity index (χ1) is 18.2. The quantitative estimate of drug-likeness (QED) is 0.342. The Morgan fingerprint density at radius 1 is 0.757 bits per heavy atom. The van der Waals surface area contributed by atoms with E-state index in [2.05, 4.69) is 47.8 Å². The first kappa shape index (κ1) is 25.5. The van der Waals surface area contributed by atoms with E-state index in [9.17, 15) is 0 Å². The minimum atomic E-state index is 0.316. The zero-order valence-corrected chi connectivity index (χ0v) is 22.1. The molecule has 5 nitrogen and oxygen atoms in total. The molecule has 2 fully saturated rings. The molecule has 196 valence electrons. The highest BCUT2D eigenvalue weighted by atomic mass is 16.5. The molecule has 1 heterocycles. The van der Waals surface area contributed by atoms with Crippen LogP contribution in [0.2, 0.25) is 0 Å². The molecule has 5 heteroatoms. The number of nitrogens with one attached hydrogen (secondary N) is 1. The van der Waals surface area contributed by atoms with Gasteiger partial charge in [-0.2, -0.15) is 0 Å². The van der Waals surface area contributed by atoms with Gasteiger partial charge in [-0.15, -0.1) is 0 Å². The van der Waals surface area contributed by atoms with Crippen molar-refractivity contribution in [1.29, 1.82) is 0 Å². The molecule has 3 aromatic rings. The minimum absolute atomic E-state index is 0.316. The lowest BCUT2D eigenvalue weighted by atomic mass is 9.82. The summed E-state index contributed by atoms with van der Waals surface area (Å²) in [4.78, 5) is 0. The van der Waals surface area contributed by atoms with E-state index in [4.69, 9.17) is 18.9 Å². The van der Waals surface area contributed by atoms with E-state index in [1.807, 2.05) is 24.3 Å². The summed E-state index contributed by atoms with van der Waals surface area (Å²) in [5, 5.41) is 3.68. The lowest BCUT2D eigenvalue weighted by molar-refractivity contribution is 0.200. The highest BCUT2D eigenvalue weighted by molar-refractivity contribution is 5.45. The Balaban J connectivity index is 1.23. The fraction of sp³-hybridized carbons (Fsp3) is 0.438. The van der Waals surface area contributed by atoms with Crippen molar-refractivity contribution in [2.75, 3.05) is 27.3 Å². The van der Waals surface area contributed by atoms with Gasteiger partial charge < -0.3 is 24.3 Å². The number of piperidine rings is 1. The predicted molar refractivity (Wildman–Crippen MR) is 147 cm³/mol. The Labute approximate surface area is 221 Å². The summed E-state index contributed by atoms with van der Waals surface area (Å²) in [5.74, 6) is 4.29. The van der Waals surface area contributed by atoms with Crippen LogP contribution in [0.3, 0.4) is 0 Å². The average molecular weight is 502 g/mol. The lowest BCUT2D eigenvalue weighted by Gasteiger charge is -2.31. The number of hydrogen-bond acceptors (Lipinski definition) is 5. The van der Waals surface area contributed by atoms with Crippen LogP contribution in [-0.4, -0.2) is 33.4 Å². The molecule has 3 aromatic carbocycles.